The van der Waals surface area contributed by atoms with Gasteiger partial charge in [0.15, 0.2) is 0 Å². The van der Waals surface area contributed by atoms with Gasteiger partial charge in [-0.15, -0.1) is 11.8 Å². The predicted octanol–water partition coefficient (Wildman–Crippen LogP) is 3.04. The van der Waals surface area contributed by atoms with E-state index >= 15 is 0 Å². The molecule has 0 spiro atoms. The Hall–Kier alpha value is -2.87. The van der Waals surface area contributed by atoms with Crippen molar-refractivity contribution in [1.82, 2.24) is 10.6 Å². The zero-order valence-electron chi connectivity index (χ0n) is 16.3. The van der Waals surface area contributed by atoms with Crippen molar-refractivity contribution in [1.29, 1.82) is 0 Å². The Morgan fingerprint density at radius 3 is 2.70 bits per heavy atom. The Labute approximate surface area is 178 Å². The SMILES string of the molecule is O=C(CNC(=O)c1ccc(N2CCCC2=O)cc1)NC1CCSc2ccc(F)cc21. The monoisotopic (exact) mass is 427 g/mol. The van der Waals surface area contributed by atoms with Gasteiger partial charge in [0.1, 0.15) is 5.82 Å². The summed E-state index contributed by atoms with van der Waals surface area (Å²) in [6.07, 6.45) is 2.10. The molecule has 0 saturated carbocycles. The number of halogens is 1. The van der Waals surface area contributed by atoms with Crippen LogP contribution in [0.3, 0.4) is 0 Å². The number of amides is 3. The van der Waals surface area contributed by atoms with E-state index in [2.05, 4.69) is 10.6 Å². The van der Waals surface area contributed by atoms with Gasteiger partial charge in [-0.2, -0.15) is 0 Å². The van der Waals surface area contributed by atoms with Crippen molar-refractivity contribution in [3.8, 4) is 0 Å². The van der Waals surface area contributed by atoms with E-state index in [-0.39, 0.29) is 36.1 Å². The Balaban J connectivity index is 1.32. The van der Waals surface area contributed by atoms with Crippen LogP contribution in [0.15, 0.2) is 47.4 Å². The van der Waals surface area contributed by atoms with E-state index in [0.717, 1.165) is 28.3 Å². The number of hydrogen-bond donors (Lipinski definition) is 2. The van der Waals surface area contributed by atoms with E-state index in [0.29, 0.717) is 24.9 Å². The second-order valence-electron chi connectivity index (χ2n) is 7.32. The van der Waals surface area contributed by atoms with Gasteiger partial charge in [-0.3, -0.25) is 14.4 Å². The van der Waals surface area contributed by atoms with Crippen LogP contribution in [-0.4, -0.2) is 36.6 Å². The molecule has 156 valence electrons. The van der Waals surface area contributed by atoms with Gasteiger partial charge in [-0.05, 0) is 60.9 Å². The standard InChI is InChI=1S/C22H22FN3O3S/c23-15-5-8-19-17(12-15)18(9-11-30-19)25-20(27)13-24-22(29)14-3-6-16(7-4-14)26-10-1-2-21(26)28/h3-8,12,18H,1-2,9-11,13H2,(H,24,29)(H,25,27). The minimum atomic E-state index is -0.366. The number of anilines is 1. The lowest BCUT2D eigenvalue weighted by Gasteiger charge is -2.26. The highest BCUT2D eigenvalue weighted by Crippen LogP contribution is 2.36. The lowest BCUT2D eigenvalue weighted by Crippen LogP contribution is -2.39. The Kier molecular flexibility index (Phi) is 6.03. The van der Waals surface area contributed by atoms with Crippen LogP contribution in [0, 0.1) is 5.82 Å². The molecule has 0 aliphatic carbocycles. The number of thioether (sulfide) groups is 1. The Morgan fingerprint density at radius 2 is 1.97 bits per heavy atom. The van der Waals surface area contributed by atoms with Gasteiger partial charge in [-0.1, -0.05) is 0 Å². The van der Waals surface area contributed by atoms with Crippen molar-refractivity contribution < 1.29 is 18.8 Å². The molecule has 4 rings (SSSR count). The maximum Gasteiger partial charge on any atom is 0.251 e. The van der Waals surface area contributed by atoms with Crippen LogP contribution in [0.25, 0.3) is 0 Å². The maximum atomic E-state index is 13.6. The molecule has 1 fully saturated rings. The number of benzene rings is 2. The van der Waals surface area contributed by atoms with Crippen LogP contribution in [0.5, 0.6) is 0 Å². The zero-order chi connectivity index (χ0) is 21.1. The van der Waals surface area contributed by atoms with E-state index in [9.17, 15) is 18.8 Å². The van der Waals surface area contributed by atoms with Gasteiger partial charge in [0, 0.05) is 34.9 Å². The molecule has 2 heterocycles. The topological polar surface area (TPSA) is 78.5 Å². The highest BCUT2D eigenvalue weighted by atomic mass is 32.2. The van der Waals surface area contributed by atoms with Crippen molar-refractivity contribution in [2.45, 2.75) is 30.2 Å². The minimum Gasteiger partial charge on any atom is -0.348 e. The first-order valence-electron chi connectivity index (χ1n) is 9.91. The summed E-state index contributed by atoms with van der Waals surface area (Å²) < 4.78 is 13.6. The normalized spacial score (nSPS) is 18.1. The molecule has 1 unspecified atom stereocenters. The van der Waals surface area contributed by atoms with Crippen LogP contribution in [0.4, 0.5) is 10.1 Å². The van der Waals surface area contributed by atoms with E-state index in [1.54, 1.807) is 47.0 Å². The second-order valence-corrected chi connectivity index (χ2v) is 8.45. The highest BCUT2D eigenvalue weighted by Gasteiger charge is 2.24. The molecule has 2 aromatic carbocycles. The third kappa shape index (κ3) is 4.48. The summed E-state index contributed by atoms with van der Waals surface area (Å²) in [6, 6.07) is 11.1. The quantitative estimate of drug-likeness (QED) is 0.769. The summed E-state index contributed by atoms with van der Waals surface area (Å²) in [5.74, 6) is -0.0962. The van der Waals surface area contributed by atoms with Crippen molar-refractivity contribution in [2.75, 3.05) is 23.7 Å². The van der Waals surface area contributed by atoms with E-state index in [4.69, 9.17) is 0 Å². The number of nitrogens with one attached hydrogen (secondary N) is 2. The van der Waals surface area contributed by atoms with Gasteiger partial charge in [0.05, 0.1) is 12.6 Å². The van der Waals surface area contributed by atoms with Crippen molar-refractivity contribution in [3.05, 3.63) is 59.4 Å². The highest BCUT2D eigenvalue weighted by molar-refractivity contribution is 7.99. The fraction of sp³-hybridized carbons (Fsp3) is 0.318. The second kappa shape index (κ2) is 8.87. The number of hydrogen-bond acceptors (Lipinski definition) is 4. The first kappa shape index (κ1) is 20.4. The van der Waals surface area contributed by atoms with E-state index in [1.807, 2.05) is 0 Å². The summed E-state index contributed by atoms with van der Waals surface area (Å²) in [5, 5.41) is 5.49. The average molecular weight is 428 g/mol. The molecule has 2 N–H and O–H groups in total. The number of fused-ring (bicyclic) bond motifs is 1. The lowest BCUT2D eigenvalue weighted by molar-refractivity contribution is -0.121. The molecule has 1 saturated heterocycles. The summed E-state index contributed by atoms with van der Waals surface area (Å²) in [7, 11) is 0. The van der Waals surface area contributed by atoms with Gasteiger partial charge in [-0.25, -0.2) is 4.39 Å². The largest absolute Gasteiger partial charge is 0.348 e. The molecule has 8 heteroatoms. The maximum absolute atomic E-state index is 13.6. The van der Waals surface area contributed by atoms with E-state index < -0.39 is 0 Å². The van der Waals surface area contributed by atoms with Crippen LogP contribution in [0.2, 0.25) is 0 Å². The Morgan fingerprint density at radius 1 is 1.17 bits per heavy atom. The van der Waals surface area contributed by atoms with Crippen LogP contribution >= 0.6 is 11.8 Å². The molecule has 30 heavy (non-hydrogen) atoms. The molecule has 2 aliphatic rings. The molecule has 0 bridgehead atoms. The van der Waals surface area contributed by atoms with Gasteiger partial charge < -0.3 is 15.5 Å². The number of carbonyl (C=O) groups excluding carboxylic acids is 3. The van der Waals surface area contributed by atoms with Crippen LogP contribution in [-0.2, 0) is 9.59 Å². The van der Waals surface area contributed by atoms with Gasteiger partial charge in [0.25, 0.3) is 5.91 Å². The molecular weight excluding hydrogens is 405 g/mol. The molecule has 0 aromatic heterocycles. The van der Waals surface area contributed by atoms with Crippen molar-refractivity contribution in [3.63, 3.8) is 0 Å². The first-order chi connectivity index (χ1) is 14.5. The molecular formula is C22H22FN3O3S. The summed E-state index contributed by atoms with van der Waals surface area (Å²) in [4.78, 5) is 39.2. The number of rotatable bonds is 5. The molecule has 3 amide bonds. The van der Waals surface area contributed by atoms with Crippen molar-refractivity contribution in [2.24, 2.45) is 0 Å². The fourth-order valence-electron chi connectivity index (χ4n) is 3.74. The van der Waals surface area contributed by atoms with E-state index in [1.165, 1.54) is 12.1 Å². The predicted molar refractivity (Wildman–Crippen MR) is 113 cm³/mol. The summed E-state index contributed by atoms with van der Waals surface area (Å²) in [6.45, 7) is 0.525. The first-order valence-corrected chi connectivity index (χ1v) is 10.9. The van der Waals surface area contributed by atoms with Gasteiger partial charge in [0.2, 0.25) is 11.8 Å². The molecule has 2 aromatic rings. The van der Waals surface area contributed by atoms with Crippen LogP contribution in [0.1, 0.15) is 41.2 Å². The number of nitrogens with zero attached hydrogens (tertiary/aromatic N) is 1. The third-order valence-corrected chi connectivity index (χ3v) is 6.39. The Bertz CT molecular complexity index is 980. The smallest absolute Gasteiger partial charge is 0.251 e. The van der Waals surface area contributed by atoms with Crippen molar-refractivity contribution >= 4 is 35.2 Å². The fourth-order valence-corrected chi connectivity index (χ4v) is 4.84. The summed E-state index contributed by atoms with van der Waals surface area (Å²) in [5.41, 5.74) is 1.96. The minimum absolute atomic E-state index is 0.0893. The number of carbonyl (C=O) groups is 3. The van der Waals surface area contributed by atoms with Crippen LogP contribution < -0.4 is 15.5 Å². The molecule has 6 nitrogen and oxygen atoms in total. The van der Waals surface area contributed by atoms with Gasteiger partial charge >= 0.3 is 0 Å². The third-order valence-electron chi connectivity index (χ3n) is 5.27. The molecule has 0 radical (unpaired) electrons. The average Bonchev–Trinajstić information content (AvgIpc) is 3.18. The molecule has 1 atom stereocenters. The molecule has 2 aliphatic heterocycles. The lowest BCUT2D eigenvalue weighted by atomic mass is 10.0. The summed E-state index contributed by atoms with van der Waals surface area (Å²) >= 11 is 1.64. The zero-order valence-corrected chi connectivity index (χ0v) is 17.1.